The average Bonchev–Trinajstić information content (AvgIpc) is 3.27. The van der Waals surface area contributed by atoms with E-state index in [4.69, 9.17) is 4.74 Å². The summed E-state index contributed by atoms with van der Waals surface area (Å²) in [6.07, 6.45) is 4.26. The lowest BCUT2D eigenvalue weighted by Crippen LogP contribution is -2.52. The van der Waals surface area contributed by atoms with Crippen molar-refractivity contribution in [1.29, 1.82) is 0 Å². The summed E-state index contributed by atoms with van der Waals surface area (Å²) in [4.78, 5) is 44.2. The number of carbonyl (C=O) groups is 2. The van der Waals surface area contributed by atoms with Crippen LogP contribution >= 0.6 is 0 Å². The van der Waals surface area contributed by atoms with E-state index >= 15 is 0 Å². The van der Waals surface area contributed by atoms with E-state index in [0.29, 0.717) is 11.3 Å². The Hall–Kier alpha value is -2.90. The molecule has 1 fully saturated rings. The second kappa shape index (κ2) is 6.57. The van der Waals surface area contributed by atoms with Crippen molar-refractivity contribution in [2.45, 2.75) is 57.5 Å². The quantitative estimate of drug-likeness (QED) is 0.761. The number of aromatic nitrogens is 2. The van der Waals surface area contributed by atoms with Crippen LogP contribution in [0, 0.1) is 5.82 Å². The third-order valence-electron chi connectivity index (χ3n) is 5.65. The van der Waals surface area contributed by atoms with Crippen molar-refractivity contribution in [3.05, 3.63) is 45.8 Å². The van der Waals surface area contributed by atoms with Gasteiger partial charge in [-0.05, 0) is 45.7 Å². The molecular weight excluding hydrogens is 377 g/mol. The summed E-state index contributed by atoms with van der Waals surface area (Å²) >= 11 is 0. The van der Waals surface area contributed by atoms with Crippen LogP contribution in [0.5, 0.6) is 0 Å². The number of carbonyl (C=O) groups excluding carboxylic acids is 2. The molecule has 7 nitrogen and oxygen atoms in total. The zero-order valence-electron chi connectivity index (χ0n) is 16.7. The number of fused-ring (bicyclic) bond motifs is 2. The van der Waals surface area contributed by atoms with Crippen molar-refractivity contribution in [3.63, 3.8) is 0 Å². The van der Waals surface area contributed by atoms with E-state index in [1.807, 2.05) is 0 Å². The summed E-state index contributed by atoms with van der Waals surface area (Å²) in [6, 6.07) is 2.98. The summed E-state index contributed by atoms with van der Waals surface area (Å²) in [5.41, 5.74) is -0.466. The third-order valence-corrected chi connectivity index (χ3v) is 5.65. The molecule has 0 radical (unpaired) electrons. The highest BCUT2D eigenvalue weighted by atomic mass is 19.1. The van der Waals surface area contributed by atoms with E-state index < -0.39 is 34.4 Å². The van der Waals surface area contributed by atoms with Crippen molar-refractivity contribution in [2.24, 2.45) is 0 Å². The third kappa shape index (κ3) is 3.26. The normalized spacial score (nSPS) is 18.2. The minimum Gasteiger partial charge on any atom is -0.443 e. The number of H-pyrrole nitrogens is 2. The maximum absolute atomic E-state index is 14.4. The fourth-order valence-electron chi connectivity index (χ4n) is 4.38. The van der Waals surface area contributed by atoms with E-state index in [9.17, 15) is 18.8 Å². The number of nitrogens with zero attached hydrogens (tertiary/aromatic N) is 1. The predicted octanol–water partition coefficient (Wildman–Crippen LogP) is 3.71. The Bertz CT molecular complexity index is 1040. The largest absolute Gasteiger partial charge is 0.443 e. The number of amides is 2. The molecule has 154 valence electrons. The highest BCUT2D eigenvalue weighted by Crippen LogP contribution is 2.46. The molecule has 2 aliphatic rings. The van der Waals surface area contributed by atoms with Crippen LogP contribution < -0.4 is 5.56 Å². The Morgan fingerprint density at radius 3 is 2.55 bits per heavy atom. The van der Waals surface area contributed by atoms with Crippen molar-refractivity contribution < 1.29 is 18.7 Å². The van der Waals surface area contributed by atoms with Gasteiger partial charge in [0.05, 0.1) is 5.56 Å². The van der Waals surface area contributed by atoms with Gasteiger partial charge in [0.25, 0.3) is 11.5 Å². The molecule has 8 heteroatoms. The molecule has 2 amide bonds. The molecule has 1 aliphatic carbocycles. The van der Waals surface area contributed by atoms with Gasteiger partial charge in [-0.25, -0.2) is 14.1 Å². The van der Waals surface area contributed by atoms with Crippen molar-refractivity contribution in [3.8, 4) is 11.3 Å². The first-order valence-corrected chi connectivity index (χ1v) is 9.77. The van der Waals surface area contributed by atoms with Crippen LogP contribution in [0.4, 0.5) is 9.18 Å². The Morgan fingerprint density at radius 2 is 1.90 bits per heavy atom. The molecule has 2 aromatic rings. The Labute approximate surface area is 167 Å². The average molecular weight is 401 g/mol. The minimum atomic E-state index is -0.914. The lowest BCUT2D eigenvalue weighted by atomic mass is 9.77. The Balaban J connectivity index is 1.81. The molecular formula is C21H24FN3O4. The molecule has 2 N–H and O–H groups in total. The molecule has 0 unspecified atom stereocenters. The molecule has 0 atom stereocenters. The van der Waals surface area contributed by atoms with Gasteiger partial charge in [0, 0.05) is 35.1 Å². The SMILES string of the molecule is CC(C)(C)OC(=O)N1CC2(CCCC2)c2[nH]c(-c3cc[nH]c(=O)c3F)cc2C1=O. The first-order valence-electron chi connectivity index (χ1n) is 9.77. The van der Waals surface area contributed by atoms with Crippen molar-refractivity contribution in [2.75, 3.05) is 6.54 Å². The summed E-state index contributed by atoms with van der Waals surface area (Å²) in [5, 5.41) is 0. The number of hydrogen-bond acceptors (Lipinski definition) is 4. The molecule has 0 aromatic carbocycles. The predicted molar refractivity (Wildman–Crippen MR) is 104 cm³/mol. The lowest BCUT2D eigenvalue weighted by molar-refractivity contribution is 0.0180. The molecule has 1 aliphatic heterocycles. The number of imide groups is 1. The van der Waals surface area contributed by atoms with Gasteiger partial charge in [0.2, 0.25) is 0 Å². The van der Waals surface area contributed by atoms with Gasteiger partial charge in [-0.2, -0.15) is 0 Å². The van der Waals surface area contributed by atoms with Crippen LogP contribution in [-0.4, -0.2) is 39.0 Å². The van der Waals surface area contributed by atoms with E-state index in [0.717, 1.165) is 36.3 Å². The van der Waals surface area contributed by atoms with Crippen LogP contribution in [0.2, 0.25) is 0 Å². The number of nitrogens with one attached hydrogen (secondary N) is 2. The van der Waals surface area contributed by atoms with Crippen molar-refractivity contribution >= 4 is 12.0 Å². The molecule has 1 saturated carbocycles. The minimum absolute atomic E-state index is 0.0907. The fourth-order valence-corrected chi connectivity index (χ4v) is 4.38. The molecule has 3 heterocycles. The number of pyridine rings is 1. The molecule has 2 aromatic heterocycles. The highest BCUT2D eigenvalue weighted by molar-refractivity contribution is 6.06. The highest BCUT2D eigenvalue weighted by Gasteiger charge is 2.49. The lowest BCUT2D eigenvalue weighted by Gasteiger charge is -2.39. The van der Waals surface area contributed by atoms with Crippen LogP contribution in [0.3, 0.4) is 0 Å². The number of halogens is 1. The number of ether oxygens (including phenoxy) is 1. The fraction of sp³-hybridized carbons (Fsp3) is 0.476. The Morgan fingerprint density at radius 1 is 1.21 bits per heavy atom. The van der Waals surface area contributed by atoms with Gasteiger partial charge in [-0.3, -0.25) is 9.59 Å². The van der Waals surface area contributed by atoms with Gasteiger partial charge in [0.1, 0.15) is 5.60 Å². The maximum Gasteiger partial charge on any atom is 0.417 e. The topological polar surface area (TPSA) is 95.3 Å². The van der Waals surface area contributed by atoms with Crippen LogP contribution in [-0.2, 0) is 10.2 Å². The second-order valence-corrected chi connectivity index (χ2v) is 8.87. The zero-order chi connectivity index (χ0) is 21.0. The standard InChI is InChI=1S/C21H24FN3O4/c1-20(2,3)29-19(28)25-11-21(7-4-5-8-21)16-13(18(25)27)10-14(24-16)12-6-9-23-17(26)15(12)22/h6,9-10,24H,4-5,7-8,11H2,1-3H3,(H,23,26). The molecule has 0 saturated heterocycles. The van der Waals surface area contributed by atoms with Gasteiger partial charge < -0.3 is 14.7 Å². The van der Waals surface area contributed by atoms with Gasteiger partial charge in [-0.1, -0.05) is 12.8 Å². The van der Waals surface area contributed by atoms with Crippen LogP contribution in [0.25, 0.3) is 11.3 Å². The van der Waals surface area contributed by atoms with E-state index in [2.05, 4.69) is 9.97 Å². The van der Waals surface area contributed by atoms with E-state index in [1.54, 1.807) is 20.8 Å². The molecule has 1 spiro atoms. The summed E-state index contributed by atoms with van der Waals surface area (Å²) < 4.78 is 19.8. The van der Waals surface area contributed by atoms with Crippen LogP contribution in [0.15, 0.2) is 23.1 Å². The maximum atomic E-state index is 14.4. The molecule has 0 bridgehead atoms. The number of aromatic amines is 2. The number of rotatable bonds is 1. The summed E-state index contributed by atoms with van der Waals surface area (Å²) in [7, 11) is 0. The smallest absolute Gasteiger partial charge is 0.417 e. The van der Waals surface area contributed by atoms with Gasteiger partial charge in [-0.15, -0.1) is 0 Å². The van der Waals surface area contributed by atoms with E-state index in [1.165, 1.54) is 18.3 Å². The second-order valence-electron chi connectivity index (χ2n) is 8.87. The van der Waals surface area contributed by atoms with E-state index in [-0.39, 0.29) is 12.1 Å². The van der Waals surface area contributed by atoms with Gasteiger partial charge in [0.15, 0.2) is 5.82 Å². The first kappa shape index (κ1) is 19.4. The number of hydrogen-bond donors (Lipinski definition) is 2. The summed E-state index contributed by atoms with van der Waals surface area (Å²) in [5.74, 6) is -1.39. The monoisotopic (exact) mass is 401 g/mol. The van der Waals surface area contributed by atoms with Crippen molar-refractivity contribution in [1.82, 2.24) is 14.9 Å². The zero-order valence-corrected chi connectivity index (χ0v) is 16.7. The van der Waals surface area contributed by atoms with Crippen LogP contribution in [0.1, 0.15) is 62.5 Å². The summed E-state index contributed by atoms with van der Waals surface area (Å²) in [6.45, 7) is 5.48. The van der Waals surface area contributed by atoms with Gasteiger partial charge >= 0.3 is 6.09 Å². The Kier molecular flexibility index (Phi) is 4.40. The molecule has 4 rings (SSSR count). The first-order chi connectivity index (χ1) is 13.6. The molecule has 29 heavy (non-hydrogen) atoms.